The van der Waals surface area contributed by atoms with E-state index in [9.17, 15) is 0 Å². The van der Waals surface area contributed by atoms with Crippen LogP contribution in [-0.2, 0) is 4.74 Å². The molecule has 3 heteroatoms. The van der Waals surface area contributed by atoms with E-state index in [1.165, 1.54) is 24.3 Å². The molecule has 0 aromatic carbocycles. The molecule has 2 fully saturated rings. The Morgan fingerprint density at radius 2 is 2.14 bits per heavy atom. The molecule has 0 aromatic rings. The van der Waals surface area contributed by atoms with E-state index in [4.69, 9.17) is 4.74 Å². The standard InChI is InChI=1S/C11H21NOS/c1-10(2)8-13-11(3,12-10)9-5-4-6-14-7-9/h9,12H,4-8H2,1-3H3. The Hall–Kier alpha value is 0.270. The van der Waals surface area contributed by atoms with Gasteiger partial charge in [0.2, 0.25) is 0 Å². The van der Waals surface area contributed by atoms with Crippen molar-refractivity contribution in [2.24, 2.45) is 5.92 Å². The number of thioether (sulfide) groups is 1. The number of hydrogen-bond acceptors (Lipinski definition) is 3. The highest BCUT2D eigenvalue weighted by Gasteiger charge is 2.45. The predicted molar refractivity (Wildman–Crippen MR) is 61.6 cm³/mol. The number of ether oxygens (including phenoxy) is 1. The molecule has 0 aliphatic carbocycles. The van der Waals surface area contributed by atoms with Gasteiger partial charge >= 0.3 is 0 Å². The van der Waals surface area contributed by atoms with E-state index in [-0.39, 0.29) is 11.3 Å². The van der Waals surface area contributed by atoms with Crippen LogP contribution in [0.4, 0.5) is 0 Å². The first-order valence-electron chi connectivity index (χ1n) is 5.53. The second-order valence-electron chi connectivity index (χ2n) is 5.32. The fourth-order valence-electron chi connectivity index (χ4n) is 2.47. The second-order valence-corrected chi connectivity index (χ2v) is 6.47. The van der Waals surface area contributed by atoms with Gasteiger partial charge in [0, 0.05) is 17.2 Å². The molecule has 2 heterocycles. The zero-order valence-electron chi connectivity index (χ0n) is 9.43. The molecule has 2 nitrogen and oxygen atoms in total. The van der Waals surface area contributed by atoms with Gasteiger partial charge in [-0.3, -0.25) is 5.32 Å². The molecule has 0 amide bonds. The van der Waals surface area contributed by atoms with E-state index in [1.54, 1.807) is 0 Å². The zero-order valence-corrected chi connectivity index (χ0v) is 10.2. The van der Waals surface area contributed by atoms with Crippen LogP contribution >= 0.6 is 11.8 Å². The minimum absolute atomic E-state index is 0.0725. The lowest BCUT2D eigenvalue weighted by atomic mass is 9.93. The molecular formula is C11H21NOS. The summed E-state index contributed by atoms with van der Waals surface area (Å²) in [6, 6.07) is 0. The van der Waals surface area contributed by atoms with Crippen LogP contribution < -0.4 is 5.32 Å². The Morgan fingerprint density at radius 3 is 2.64 bits per heavy atom. The maximum Gasteiger partial charge on any atom is 0.120 e. The van der Waals surface area contributed by atoms with Crippen LogP contribution in [0.25, 0.3) is 0 Å². The third kappa shape index (κ3) is 2.10. The quantitative estimate of drug-likeness (QED) is 0.725. The van der Waals surface area contributed by atoms with Gasteiger partial charge in [-0.1, -0.05) is 0 Å². The lowest BCUT2D eigenvalue weighted by Gasteiger charge is -2.37. The fourth-order valence-corrected chi connectivity index (χ4v) is 3.78. The van der Waals surface area contributed by atoms with Crippen molar-refractivity contribution in [3.8, 4) is 0 Å². The molecule has 2 unspecified atom stereocenters. The molecule has 2 aliphatic rings. The highest BCUT2D eigenvalue weighted by molar-refractivity contribution is 7.99. The lowest BCUT2D eigenvalue weighted by molar-refractivity contribution is -0.0389. The molecule has 1 N–H and O–H groups in total. The molecule has 0 radical (unpaired) electrons. The highest BCUT2D eigenvalue weighted by Crippen LogP contribution is 2.36. The summed E-state index contributed by atoms with van der Waals surface area (Å²) in [4.78, 5) is 0. The number of nitrogens with one attached hydrogen (secondary N) is 1. The van der Waals surface area contributed by atoms with Crippen molar-refractivity contribution in [3.63, 3.8) is 0 Å². The fraction of sp³-hybridized carbons (Fsp3) is 1.00. The first-order valence-corrected chi connectivity index (χ1v) is 6.68. The van der Waals surface area contributed by atoms with Crippen molar-refractivity contribution in [1.29, 1.82) is 0 Å². The van der Waals surface area contributed by atoms with Crippen LogP contribution in [0.5, 0.6) is 0 Å². The molecule has 0 aromatic heterocycles. The molecule has 2 atom stereocenters. The molecule has 0 saturated carbocycles. The second kappa shape index (κ2) is 3.69. The van der Waals surface area contributed by atoms with E-state index in [2.05, 4.69) is 37.8 Å². The van der Waals surface area contributed by atoms with E-state index in [0.717, 1.165) is 6.61 Å². The molecule has 2 rings (SSSR count). The van der Waals surface area contributed by atoms with E-state index < -0.39 is 0 Å². The molecule has 0 bridgehead atoms. The topological polar surface area (TPSA) is 21.3 Å². The van der Waals surface area contributed by atoms with Gasteiger partial charge in [-0.2, -0.15) is 11.8 Å². The molecule has 2 saturated heterocycles. The summed E-state index contributed by atoms with van der Waals surface area (Å²) in [5.41, 5.74) is 0.0772. The van der Waals surface area contributed by atoms with Crippen molar-refractivity contribution < 1.29 is 4.74 Å². The van der Waals surface area contributed by atoms with Gasteiger partial charge in [0.1, 0.15) is 5.72 Å². The highest BCUT2D eigenvalue weighted by atomic mass is 32.2. The SMILES string of the molecule is CC1(C)COC(C)(C2CCCSC2)N1. The smallest absolute Gasteiger partial charge is 0.120 e. The van der Waals surface area contributed by atoms with E-state index in [0.29, 0.717) is 5.92 Å². The molecule has 0 spiro atoms. The summed E-state index contributed by atoms with van der Waals surface area (Å²) in [5, 5.41) is 3.64. The van der Waals surface area contributed by atoms with Crippen LogP contribution in [-0.4, -0.2) is 29.4 Å². The summed E-state index contributed by atoms with van der Waals surface area (Å²) >= 11 is 2.07. The van der Waals surface area contributed by atoms with Gasteiger partial charge in [-0.15, -0.1) is 0 Å². The summed E-state index contributed by atoms with van der Waals surface area (Å²) in [6.07, 6.45) is 2.66. The Labute approximate surface area is 91.2 Å². The Bertz CT molecular complexity index is 213. The van der Waals surface area contributed by atoms with Crippen LogP contribution in [0.15, 0.2) is 0 Å². The lowest BCUT2D eigenvalue weighted by Crippen LogP contribution is -2.52. The van der Waals surface area contributed by atoms with Gasteiger partial charge in [-0.05, 0) is 39.4 Å². The summed E-state index contributed by atoms with van der Waals surface area (Å²) < 4.78 is 5.97. The van der Waals surface area contributed by atoms with Gasteiger partial charge in [0.15, 0.2) is 0 Å². The van der Waals surface area contributed by atoms with E-state index in [1.807, 2.05) is 0 Å². The van der Waals surface area contributed by atoms with Crippen molar-refractivity contribution in [3.05, 3.63) is 0 Å². The van der Waals surface area contributed by atoms with E-state index >= 15 is 0 Å². The zero-order chi connectivity index (χ0) is 10.2. The van der Waals surface area contributed by atoms with Gasteiger partial charge < -0.3 is 4.74 Å². The minimum Gasteiger partial charge on any atom is -0.359 e. The van der Waals surface area contributed by atoms with Crippen LogP contribution in [0.2, 0.25) is 0 Å². The molecule has 82 valence electrons. The monoisotopic (exact) mass is 215 g/mol. The maximum atomic E-state index is 5.97. The Morgan fingerprint density at radius 1 is 1.36 bits per heavy atom. The van der Waals surface area contributed by atoms with Gasteiger partial charge in [0.25, 0.3) is 0 Å². The first kappa shape index (κ1) is 10.8. The Kier molecular flexibility index (Phi) is 2.84. The normalized spacial score (nSPS) is 42.6. The minimum atomic E-state index is -0.0725. The summed E-state index contributed by atoms with van der Waals surface area (Å²) in [6.45, 7) is 7.49. The van der Waals surface area contributed by atoms with Crippen LogP contribution in [0.3, 0.4) is 0 Å². The first-order chi connectivity index (χ1) is 6.52. The van der Waals surface area contributed by atoms with Gasteiger partial charge in [0.05, 0.1) is 6.61 Å². The molecule has 14 heavy (non-hydrogen) atoms. The van der Waals surface area contributed by atoms with Crippen molar-refractivity contribution >= 4 is 11.8 Å². The predicted octanol–water partition coefficient (Wildman–Crippen LogP) is 2.24. The summed E-state index contributed by atoms with van der Waals surface area (Å²) in [7, 11) is 0. The van der Waals surface area contributed by atoms with Gasteiger partial charge in [-0.25, -0.2) is 0 Å². The number of rotatable bonds is 1. The average molecular weight is 215 g/mol. The number of hydrogen-bond donors (Lipinski definition) is 1. The molecule has 2 aliphatic heterocycles. The van der Waals surface area contributed by atoms with Crippen molar-refractivity contribution in [2.45, 2.75) is 44.9 Å². The van der Waals surface area contributed by atoms with Crippen LogP contribution in [0, 0.1) is 5.92 Å². The Balaban J connectivity index is 2.01. The largest absolute Gasteiger partial charge is 0.359 e. The van der Waals surface area contributed by atoms with Crippen molar-refractivity contribution in [1.82, 2.24) is 5.32 Å². The van der Waals surface area contributed by atoms with Crippen molar-refractivity contribution in [2.75, 3.05) is 18.1 Å². The molecular weight excluding hydrogens is 194 g/mol. The summed E-state index contributed by atoms with van der Waals surface area (Å²) in [5.74, 6) is 3.26. The third-order valence-electron chi connectivity index (χ3n) is 3.26. The average Bonchev–Trinajstić information content (AvgIpc) is 2.44. The third-order valence-corrected chi connectivity index (χ3v) is 4.47. The maximum absolute atomic E-state index is 5.97. The van der Waals surface area contributed by atoms with Crippen LogP contribution in [0.1, 0.15) is 33.6 Å².